The molecule has 126 valence electrons. The van der Waals surface area contributed by atoms with Crippen molar-refractivity contribution < 1.29 is 18.5 Å². The summed E-state index contributed by atoms with van der Waals surface area (Å²) in [6.07, 6.45) is 1.47. The standard InChI is InChI=1S/C17H16ClNO4S/c1-11-9-12(18)7-8-14(11)19-16(20)10-23-17(21)13-5-3-4-6-15(13)24(2)22/h3-9H,10H2,1-2H3,(H,19,20)/t24-/m0/s1. The average molecular weight is 366 g/mol. The lowest BCUT2D eigenvalue weighted by molar-refractivity contribution is -0.119. The maximum atomic E-state index is 12.1. The average Bonchev–Trinajstić information content (AvgIpc) is 2.55. The number of rotatable bonds is 5. The number of esters is 1. The second-order valence-corrected chi connectivity index (χ2v) is 6.82. The number of hydrogen-bond donors (Lipinski definition) is 1. The molecule has 24 heavy (non-hydrogen) atoms. The van der Waals surface area contributed by atoms with E-state index in [4.69, 9.17) is 16.3 Å². The van der Waals surface area contributed by atoms with Crippen LogP contribution in [0.4, 0.5) is 5.69 Å². The fourth-order valence-corrected chi connectivity index (χ4v) is 3.01. The molecule has 0 bridgehead atoms. The third-order valence-corrected chi connectivity index (χ3v) is 4.42. The summed E-state index contributed by atoms with van der Waals surface area (Å²) < 4.78 is 16.6. The van der Waals surface area contributed by atoms with Crippen LogP contribution in [0.15, 0.2) is 47.4 Å². The largest absolute Gasteiger partial charge is 0.452 e. The van der Waals surface area contributed by atoms with Gasteiger partial charge in [0, 0.05) is 17.0 Å². The third kappa shape index (κ3) is 4.66. The van der Waals surface area contributed by atoms with E-state index >= 15 is 0 Å². The van der Waals surface area contributed by atoms with Crippen molar-refractivity contribution in [3.8, 4) is 0 Å². The Morgan fingerprint density at radius 2 is 1.92 bits per heavy atom. The monoisotopic (exact) mass is 365 g/mol. The number of anilines is 1. The van der Waals surface area contributed by atoms with Crippen LogP contribution in [-0.2, 0) is 20.3 Å². The highest BCUT2D eigenvalue weighted by atomic mass is 35.5. The third-order valence-electron chi connectivity index (χ3n) is 3.21. The molecule has 1 amide bonds. The Morgan fingerprint density at radius 3 is 2.58 bits per heavy atom. The first-order valence-corrected chi connectivity index (χ1v) is 8.97. The zero-order valence-corrected chi connectivity index (χ0v) is 14.7. The second-order valence-electron chi connectivity index (χ2n) is 5.03. The van der Waals surface area contributed by atoms with Gasteiger partial charge in [-0.15, -0.1) is 0 Å². The highest BCUT2D eigenvalue weighted by Gasteiger charge is 2.16. The quantitative estimate of drug-likeness (QED) is 0.826. The molecule has 0 aliphatic heterocycles. The highest BCUT2D eigenvalue weighted by molar-refractivity contribution is 7.84. The Morgan fingerprint density at radius 1 is 1.21 bits per heavy atom. The fraction of sp³-hybridized carbons (Fsp3) is 0.176. The molecule has 2 rings (SSSR count). The molecule has 5 nitrogen and oxygen atoms in total. The topological polar surface area (TPSA) is 72.5 Å². The molecule has 2 aromatic carbocycles. The molecule has 0 aromatic heterocycles. The summed E-state index contributed by atoms with van der Waals surface area (Å²) in [5.41, 5.74) is 1.58. The van der Waals surface area contributed by atoms with Gasteiger partial charge in [0.05, 0.1) is 21.3 Å². The number of benzene rings is 2. The van der Waals surface area contributed by atoms with Crippen LogP contribution < -0.4 is 5.32 Å². The predicted octanol–water partition coefficient (Wildman–Crippen LogP) is 3.18. The molecule has 0 radical (unpaired) electrons. The first kappa shape index (κ1) is 18.2. The molecular weight excluding hydrogens is 350 g/mol. The number of ether oxygens (including phenoxy) is 1. The van der Waals surface area contributed by atoms with Gasteiger partial charge < -0.3 is 10.1 Å². The second kappa shape index (κ2) is 8.08. The summed E-state index contributed by atoms with van der Waals surface area (Å²) in [4.78, 5) is 24.4. The number of halogens is 1. The van der Waals surface area contributed by atoms with E-state index in [0.717, 1.165) is 5.56 Å². The van der Waals surface area contributed by atoms with E-state index in [9.17, 15) is 13.8 Å². The molecule has 0 heterocycles. The van der Waals surface area contributed by atoms with Gasteiger partial charge in [-0.2, -0.15) is 0 Å². The minimum Gasteiger partial charge on any atom is -0.452 e. The van der Waals surface area contributed by atoms with E-state index in [2.05, 4.69) is 5.32 Å². The van der Waals surface area contributed by atoms with Crippen molar-refractivity contribution in [3.63, 3.8) is 0 Å². The molecule has 0 saturated carbocycles. The normalized spacial score (nSPS) is 11.6. The van der Waals surface area contributed by atoms with Crippen molar-refractivity contribution in [1.29, 1.82) is 0 Å². The zero-order chi connectivity index (χ0) is 17.7. The Bertz CT molecular complexity index is 807. The lowest BCUT2D eigenvalue weighted by atomic mass is 10.2. The van der Waals surface area contributed by atoms with Gasteiger partial charge in [-0.1, -0.05) is 23.7 Å². The van der Waals surface area contributed by atoms with Gasteiger partial charge in [0.15, 0.2) is 6.61 Å². The summed E-state index contributed by atoms with van der Waals surface area (Å²) in [6.45, 7) is 1.37. The van der Waals surface area contributed by atoms with Crippen LogP contribution in [0.3, 0.4) is 0 Å². The molecule has 0 spiro atoms. The van der Waals surface area contributed by atoms with Crippen LogP contribution in [-0.4, -0.2) is 28.9 Å². The van der Waals surface area contributed by atoms with Crippen LogP contribution in [0, 0.1) is 6.92 Å². The van der Waals surface area contributed by atoms with Crippen molar-refractivity contribution >= 4 is 40.0 Å². The lowest BCUT2D eigenvalue weighted by Gasteiger charge is -2.10. The first-order valence-electron chi connectivity index (χ1n) is 7.04. The molecule has 7 heteroatoms. The van der Waals surface area contributed by atoms with Crippen molar-refractivity contribution in [2.24, 2.45) is 0 Å². The lowest BCUT2D eigenvalue weighted by Crippen LogP contribution is -2.21. The van der Waals surface area contributed by atoms with Gasteiger partial charge in [-0.05, 0) is 42.8 Å². The number of nitrogens with one attached hydrogen (secondary N) is 1. The molecule has 1 N–H and O–H groups in total. The maximum absolute atomic E-state index is 12.1. The number of amides is 1. The van der Waals surface area contributed by atoms with Crippen LogP contribution in [0.5, 0.6) is 0 Å². The number of aryl methyl sites for hydroxylation is 1. The van der Waals surface area contributed by atoms with E-state index in [1.807, 2.05) is 0 Å². The molecule has 0 unspecified atom stereocenters. The van der Waals surface area contributed by atoms with Crippen LogP contribution in [0.1, 0.15) is 15.9 Å². The van der Waals surface area contributed by atoms with E-state index in [1.165, 1.54) is 12.3 Å². The molecular formula is C17H16ClNO4S. The van der Waals surface area contributed by atoms with Gasteiger partial charge in [0.25, 0.3) is 5.91 Å². The van der Waals surface area contributed by atoms with E-state index in [1.54, 1.807) is 43.3 Å². The summed E-state index contributed by atoms with van der Waals surface area (Å²) in [5, 5.41) is 3.22. The smallest absolute Gasteiger partial charge is 0.339 e. The Kier molecular flexibility index (Phi) is 6.11. The van der Waals surface area contributed by atoms with Crippen LogP contribution in [0.25, 0.3) is 0 Å². The number of hydrogen-bond acceptors (Lipinski definition) is 4. The van der Waals surface area contributed by atoms with Crippen molar-refractivity contribution in [3.05, 3.63) is 58.6 Å². The Balaban J connectivity index is 1.99. The van der Waals surface area contributed by atoms with Gasteiger partial charge in [-0.25, -0.2) is 4.79 Å². The van der Waals surface area contributed by atoms with Crippen molar-refractivity contribution in [2.75, 3.05) is 18.2 Å². The highest BCUT2D eigenvalue weighted by Crippen LogP contribution is 2.19. The van der Waals surface area contributed by atoms with Gasteiger partial charge in [-0.3, -0.25) is 9.00 Å². The Hall–Kier alpha value is -2.18. The minimum atomic E-state index is -1.33. The van der Waals surface area contributed by atoms with E-state index in [-0.39, 0.29) is 5.56 Å². The molecule has 1 atom stereocenters. The van der Waals surface area contributed by atoms with Crippen LogP contribution >= 0.6 is 11.6 Å². The van der Waals surface area contributed by atoms with Crippen molar-refractivity contribution in [1.82, 2.24) is 0 Å². The summed E-state index contributed by atoms with van der Waals surface area (Å²) in [5.74, 6) is -1.16. The summed E-state index contributed by atoms with van der Waals surface area (Å²) in [7, 11) is -1.33. The van der Waals surface area contributed by atoms with Crippen molar-refractivity contribution in [2.45, 2.75) is 11.8 Å². The van der Waals surface area contributed by atoms with Gasteiger partial charge >= 0.3 is 5.97 Å². The zero-order valence-electron chi connectivity index (χ0n) is 13.2. The Labute approximate surface area is 147 Å². The molecule has 2 aromatic rings. The molecule has 0 aliphatic rings. The van der Waals surface area contributed by atoms with Gasteiger partial charge in [0.1, 0.15) is 0 Å². The molecule has 0 fully saturated rings. The van der Waals surface area contributed by atoms with Crippen LogP contribution in [0.2, 0.25) is 5.02 Å². The number of carbonyl (C=O) groups is 2. The fourth-order valence-electron chi connectivity index (χ4n) is 2.05. The minimum absolute atomic E-state index is 0.189. The molecule has 0 aliphatic carbocycles. The SMILES string of the molecule is Cc1cc(Cl)ccc1NC(=O)COC(=O)c1ccccc1[S@](C)=O. The predicted molar refractivity (Wildman–Crippen MR) is 93.9 cm³/mol. The first-order chi connectivity index (χ1) is 11.4. The summed E-state index contributed by atoms with van der Waals surface area (Å²) in [6, 6.07) is 11.5. The van der Waals surface area contributed by atoms with E-state index < -0.39 is 29.3 Å². The van der Waals surface area contributed by atoms with E-state index in [0.29, 0.717) is 15.6 Å². The maximum Gasteiger partial charge on any atom is 0.339 e. The van der Waals surface area contributed by atoms with Gasteiger partial charge in [0.2, 0.25) is 0 Å². The summed E-state index contributed by atoms with van der Waals surface area (Å²) >= 11 is 5.86. The number of carbonyl (C=O) groups excluding carboxylic acids is 2. The molecule has 0 saturated heterocycles.